The van der Waals surface area contributed by atoms with Crippen LogP contribution in [-0.2, 0) is 14.3 Å². The van der Waals surface area contributed by atoms with Crippen LogP contribution in [0, 0.1) is 5.92 Å². The number of nitrogens with zero attached hydrogens (tertiary/aromatic N) is 1. The largest absolute Gasteiger partial charge is 0.466 e. The molecule has 0 bridgehead atoms. The highest BCUT2D eigenvalue weighted by Crippen LogP contribution is 2.24. The van der Waals surface area contributed by atoms with Crippen LogP contribution in [0.5, 0.6) is 0 Å². The van der Waals surface area contributed by atoms with E-state index >= 15 is 0 Å². The van der Waals surface area contributed by atoms with E-state index < -0.39 is 5.97 Å². The van der Waals surface area contributed by atoms with E-state index in [2.05, 4.69) is 4.99 Å². The summed E-state index contributed by atoms with van der Waals surface area (Å²) in [4.78, 5) is 26.7. The Labute approximate surface area is 106 Å². The SMILES string of the molecule is CCOC(=O)CC(=O)CC1=CN=C(Cl)CC1C. The molecule has 1 atom stereocenters. The van der Waals surface area contributed by atoms with E-state index in [1.165, 1.54) is 0 Å². The van der Waals surface area contributed by atoms with E-state index in [9.17, 15) is 9.59 Å². The minimum absolute atomic E-state index is 0.144. The summed E-state index contributed by atoms with van der Waals surface area (Å²) in [6.07, 6.45) is 2.35. The van der Waals surface area contributed by atoms with Gasteiger partial charge in [0.2, 0.25) is 0 Å². The van der Waals surface area contributed by atoms with Gasteiger partial charge in [-0.3, -0.25) is 9.59 Å². The molecule has 4 nitrogen and oxygen atoms in total. The normalized spacial score (nSPS) is 19.4. The van der Waals surface area contributed by atoms with Crippen molar-refractivity contribution in [3.8, 4) is 0 Å². The summed E-state index contributed by atoms with van der Waals surface area (Å²) in [7, 11) is 0. The van der Waals surface area contributed by atoms with E-state index in [1.807, 2.05) is 6.92 Å². The van der Waals surface area contributed by atoms with Crippen molar-refractivity contribution in [1.29, 1.82) is 0 Å². The molecule has 1 rings (SSSR count). The molecule has 0 aromatic heterocycles. The molecule has 0 amide bonds. The van der Waals surface area contributed by atoms with Gasteiger partial charge in [-0.05, 0) is 18.4 Å². The second-order valence-electron chi connectivity index (χ2n) is 4.01. The maximum absolute atomic E-state index is 11.6. The molecule has 0 saturated heterocycles. The third kappa shape index (κ3) is 4.69. The molecule has 0 aromatic carbocycles. The lowest BCUT2D eigenvalue weighted by Crippen LogP contribution is -2.15. The molecule has 94 valence electrons. The number of halogens is 1. The molecule has 0 aliphatic carbocycles. The highest BCUT2D eigenvalue weighted by molar-refractivity contribution is 6.65. The predicted octanol–water partition coefficient (Wildman–Crippen LogP) is 2.46. The summed E-state index contributed by atoms with van der Waals surface area (Å²) in [6.45, 7) is 4.00. The van der Waals surface area contributed by atoms with Crippen molar-refractivity contribution >= 4 is 28.5 Å². The molecule has 0 saturated carbocycles. The number of esters is 1. The lowest BCUT2D eigenvalue weighted by atomic mass is 9.92. The summed E-state index contributed by atoms with van der Waals surface area (Å²) >= 11 is 5.79. The van der Waals surface area contributed by atoms with Crippen LogP contribution in [0.1, 0.15) is 33.1 Å². The predicted molar refractivity (Wildman–Crippen MR) is 66.0 cm³/mol. The van der Waals surface area contributed by atoms with Crippen LogP contribution in [0.4, 0.5) is 0 Å². The van der Waals surface area contributed by atoms with Gasteiger partial charge in [0, 0.05) is 19.0 Å². The quantitative estimate of drug-likeness (QED) is 0.562. The number of Topliss-reactive ketones (excluding diaryl/α,β-unsaturated/α-hetero) is 1. The smallest absolute Gasteiger partial charge is 0.313 e. The van der Waals surface area contributed by atoms with Gasteiger partial charge in [0.05, 0.1) is 6.61 Å². The Bertz CT molecular complexity index is 374. The van der Waals surface area contributed by atoms with Gasteiger partial charge in [-0.1, -0.05) is 18.5 Å². The Kier molecular flexibility index (Phi) is 5.35. The Morgan fingerprint density at radius 2 is 2.29 bits per heavy atom. The standard InChI is InChI=1S/C12H16ClNO3/c1-3-17-12(16)6-10(15)5-9-7-14-11(13)4-8(9)2/h7-8H,3-6H2,1-2H3. The fourth-order valence-electron chi connectivity index (χ4n) is 1.60. The molecular formula is C12H16ClNO3. The monoisotopic (exact) mass is 257 g/mol. The molecule has 0 N–H and O–H groups in total. The Morgan fingerprint density at radius 1 is 1.59 bits per heavy atom. The van der Waals surface area contributed by atoms with Gasteiger partial charge >= 0.3 is 5.97 Å². The maximum atomic E-state index is 11.6. The van der Waals surface area contributed by atoms with Crippen molar-refractivity contribution in [2.75, 3.05) is 6.61 Å². The van der Waals surface area contributed by atoms with Crippen molar-refractivity contribution in [2.24, 2.45) is 10.9 Å². The topological polar surface area (TPSA) is 55.7 Å². The van der Waals surface area contributed by atoms with E-state index in [4.69, 9.17) is 16.3 Å². The molecule has 1 unspecified atom stereocenters. The van der Waals surface area contributed by atoms with Crippen molar-refractivity contribution in [1.82, 2.24) is 0 Å². The van der Waals surface area contributed by atoms with Gasteiger partial charge in [-0.2, -0.15) is 0 Å². The molecule has 0 radical (unpaired) electrons. The zero-order chi connectivity index (χ0) is 12.8. The number of ether oxygens (including phenoxy) is 1. The van der Waals surface area contributed by atoms with Crippen LogP contribution in [0.25, 0.3) is 0 Å². The molecule has 17 heavy (non-hydrogen) atoms. The molecule has 1 aliphatic rings. The fourth-order valence-corrected chi connectivity index (χ4v) is 1.88. The first-order valence-electron chi connectivity index (χ1n) is 5.61. The number of ketones is 1. The molecule has 1 aliphatic heterocycles. The minimum atomic E-state index is -0.469. The maximum Gasteiger partial charge on any atom is 0.313 e. The Balaban J connectivity index is 2.49. The van der Waals surface area contributed by atoms with Crippen LogP contribution in [0.15, 0.2) is 16.8 Å². The van der Waals surface area contributed by atoms with Crippen LogP contribution in [-0.4, -0.2) is 23.5 Å². The zero-order valence-electron chi connectivity index (χ0n) is 10.0. The van der Waals surface area contributed by atoms with Crippen molar-refractivity contribution < 1.29 is 14.3 Å². The number of rotatable bonds is 5. The van der Waals surface area contributed by atoms with Gasteiger partial charge in [-0.15, -0.1) is 0 Å². The summed E-state index contributed by atoms with van der Waals surface area (Å²) in [6, 6.07) is 0. The van der Waals surface area contributed by atoms with Crippen LogP contribution >= 0.6 is 11.6 Å². The Hall–Kier alpha value is -1.16. The lowest BCUT2D eigenvalue weighted by Gasteiger charge is -2.17. The molecule has 0 fully saturated rings. The molecule has 5 heteroatoms. The van der Waals surface area contributed by atoms with Gasteiger partial charge in [0.25, 0.3) is 0 Å². The molecule has 0 aromatic rings. The fraction of sp³-hybridized carbons (Fsp3) is 0.583. The summed E-state index contributed by atoms with van der Waals surface area (Å²) < 4.78 is 4.72. The zero-order valence-corrected chi connectivity index (χ0v) is 10.8. The van der Waals surface area contributed by atoms with Gasteiger partial charge in [-0.25, -0.2) is 4.99 Å². The average Bonchev–Trinajstić information content (AvgIpc) is 2.22. The number of carbonyl (C=O) groups excluding carboxylic acids is 2. The first-order chi connectivity index (χ1) is 8.02. The highest BCUT2D eigenvalue weighted by atomic mass is 35.5. The van der Waals surface area contributed by atoms with E-state index in [1.54, 1.807) is 13.1 Å². The summed E-state index contributed by atoms with van der Waals surface area (Å²) in [5, 5.41) is 0.555. The third-order valence-electron chi connectivity index (χ3n) is 2.53. The van der Waals surface area contributed by atoms with Gasteiger partial charge in [0.15, 0.2) is 0 Å². The van der Waals surface area contributed by atoms with Gasteiger partial charge in [0.1, 0.15) is 17.4 Å². The number of allylic oxidation sites excluding steroid dienone is 1. The number of hydrogen-bond acceptors (Lipinski definition) is 4. The molecule has 0 spiro atoms. The van der Waals surface area contributed by atoms with Crippen molar-refractivity contribution in [2.45, 2.75) is 33.1 Å². The number of carbonyl (C=O) groups is 2. The first kappa shape index (κ1) is 13.9. The first-order valence-corrected chi connectivity index (χ1v) is 5.99. The number of aliphatic imine (C=N–C) groups is 1. The van der Waals surface area contributed by atoms with E-state index in [0.29, 0.717) is 18.2 Å². The van der Waals surface area contributed by atoms with E-state index in [-0.39, 0.29) is 24.5 Å². The molecule has 1 heterocycles. The number of hydrogen-bond donors (Lipinski definition) is 0. The van der Waals surface area contributed by atoms with Crippen LogP contribution in [0.3, 0.4) is 0 Å². The van der Waals surface area contributed by atoms with Crippen molar-refractivity contribution in [3.05, 3.63) is 11.8 Å². The third-order valence-corrected chi connectivity index (χ3v) is 2.78. The van der Waals surface area contributed by atoms with Crippen LogP contribution < -0.4 is 0 Å². The van der Waals surface area contributed by atoms with Crippen molar-refractivity contribution in [3.63, 3.8) is 0 Å². The second kappa shape index (κ2) is 6.55. The minimum Gasteiger partial charge on any atom is -0.466 e. The van der Waals surface area contributed by atoms with Crippen LogP contribution in [0.2, 0.25) is 0 Å². The highest BCUT2D eigenvalue weighted by Gasteiger charge is 2.19. The summed E-state index contributed by atoms with van der Waals surface area (Å²) in [5.74, 6) is -0.413. The molecular weight excluding hydrogens is 242 g/mol. The Morgan fingerprint density at radius 3 is 2.88 bits per heavy atom. The average molecular weight is 258 g/mol. The van der Waals surface area contributed by atoms with Gasteiger partial charge < -0.3 is 4.74 Å². The summed E-state index contributed by atoms with van der Waals surface area (Å²) in [5.41, 5.74) is 0.920. The van der Waals surface area contributed by atoms with E-state index in [0.717, 1.165) is 5.57 Å². The lowest BCUT2D eigenvalue weighted by molar-refractivity contribution is -0.145. The second-order valence-corrected chi connectivity index (χ2v) is 4.45.